The zero-order valence-corrected chi connectivity index (χ0v) is 15.6. The van der Waals surface area contributed by atoms with Crippen LogP contribution in [0.2, 0.25) is 0 Å². The molecular weight excluding hydrogens is 320 g/mol. The van der Waals surface area contributed by atoms with Gasteiger partial charge in [0.15, 0.2) is 0 Å². The van der Waals surface area contributed by atoms with Crippen LogP contribution in [0.25, 0.3) is 0 Å². The van der Waals surface area contributed by atoms with Gasteiger partial charge in [-0.25, -0.2) is 0 Å². The van der Waals surface area contributed by atoms with Gasteiger partial charge >= 0.3 is 11.9 Å². The molecule has 0 heterocycles. The first-order valence-corrected chi connectivity index (χ1v) is 9.14. The van der Waals surface area contributed by atoms with Crippen molar-refractivity contribution in [2.75, 3.05) is 19.8 Å². The largest absolute Gasteiger partial charge is 0.494 e. The SMILES string of the molecule is CCCOC(=O)CC(Cc1cccc(OCCC)c1)C(=O)OCCC. The Balaban J connectivity index is 2.77. The van der Waals surface area contributed by atoms with E-state index in [1.807, 2.05) is 45.0 Å². The van der Waals surface area contributed by atoms with Crippen molar-refractivity contribution in [1.82, 2.24) is 0 Å². The molecule has 0 N–H and O–H groups in total. The lowest BCUT2D eigenvalue weighted by atomic mass is 9.96. The molecule has 0 bridgehead atoms. The van der Waals surface area contributed by atoms with Crippen LogP contribution in [0.3, 0.4) is 0 Å². The minimum atomic E-state index is -0.544. The fourth-order valence-electron chi connectivity index (χ4n) is 2.30. The van der Waals surface area contributed by atoms with Crippen LogP contribution < -0.4 is 4.74 Å². The summed E-state index contributed by atoms with van der Waals surface area (Å²) in [6.45, 7) is 7.30. The van der Waals surface area contributed by atoms with Gasteiger partial charge in [-0.2, -0.15) is 0 Å². The Morgan fingerprint density at radius 1 is 0.960 bits per heavy atom. The molecule has 0 radical (unpaired) electrons. The van der Waals surface area contributed by atoms with E-state index in [9.17, 15) is 9.59 Å². The van der Waals surface area contributed by atoms with E-state index in [-0.39, 0.29) is 18.4 Å². The van der Waals surface area contributed by atoms with Gasteiger partial charge in [-0.1, -0.05) is 32.9 Å². The van der Waals surface area contributed by atoms with E-state index in [2.05, 4.69) is 0 Å². The van der Waals surface area contributed by atoms with Gasteiger partial charge in [0.05, 0.1) is 32.2 Å². The lowest BCUT2D eigenvalue weighted by Crippen LogP contribution is -2.24. The maximum absolute atomic E-state index is 12.3. The Bertz CT molecular complexity index is 527. The number of carbonyl (C=O) groups is 2. The minimum absolute atomic E-state index is 0.0303. The lowest BCUT2D eigenvalue weighted by Gasteiger charge is -2.16. The summed E-state index contributed by atoms with van der Waals surface area (Å²) in [5, 5.41) is 0. The molecule has 1 atom stereocenters. The predicted octanol–water partition coefficient (Wildman–Crippen LogP) is 3.93. The molecule has 5 heteroatoms. The Morgan fingerprint density at radius 2 is 1.64 bits per heavy atom. The highest BCUT2D eigenvalue weighted by Gasteiger charge is 2.24. The molecule has 0 spiro atoms. The summed E-state index contributed by atoms with van der Waals surface area (Å²) < 4.78 is 16.0. The van der Waals surface area contributed by atoms with Crippen LogP contribution in [0.4, 0.5) is 0 Å². The molecule has 0 saturated carbocycles. The van der Waals surface area contributed by atoms with Crippen LogP contribution in [0.5, 0.6) is 5.75 Å². The van der Waals surface area contributed by atoms with Gasteiger partial charge in [-0.05, 0) is 43.4 Å². The average Bonchev–Trinajstić information content (AvgIpc) is 2.62. The summed E-state index contributed by atoms with van der Waals surface area (Å²) in [6, 6.07) is 7.62. The third-order valence-electron chi connectivity index (χ3n) is 3.52. The van der Waals surface area contributed by atoms with E-state index in [1.54, 1.807) is 0 Å². The summed E-state index contributed by atoms with van der Waals surface area (Å²) in [4.78, 5) is 24.2. The Labute approximate surface area is 150 Å². The maximum Gasteiger partial charge on any atom is 0.309 e. The first-order chi connectivity index (χ1) is 12.1. The third kappa shape index (κ3) is 8.57. The van der Waals surface area contributed by atoms with E-state index in [0.29, 0.717) is 26.2 Å². The number of carbonyl (C=O) groups excluding carboxylic acids is 2. The Hall–Kier alpha value is -2.04. The standard InChI is InChI=1S/C20H30O5/c1-4-10-23-18-9-7-8-16(14-18)13-17(20(22)25-12-6-3)15-19(21)24-11-5-2/h7-9,14,17H,4-6,10-13,15H2,1-3H3. The topological polar surface area (TPSA) is 61.8 Å². The van der Waals surface area contributed by atoms with Crippen molar-refractivity contribution >= 4 is 11.9 Å². The fraction of sp³-hybridized carbons (Fsp3) is 0.600. The predicted molar refractivity (Wildman–Crippen MR) is 96.5 cm³/mol. The van der Waals surface area contributed by atoms with Crippen molar-refractivity contribution in [1.29, 1.82) is 0 Å². The number of rotatable bonds is 12. The van der Waals surface area contributed by atoms with Crippen LogP contribution in [-0.2, 0) is 25.5 Å². The van der Waals surface area contributed by atoms with Crippen LogP contribution in [0.1, 0.15) is 52.0 Å². The van der Waals surface area contributed by atoms with Gasteiger partial charge in [-0.3, -0.25) is 9.59 Å². The van der Waals surface area contributed by atoms with Gasteiger partial charge in [0.25, 0.3) is 0 Å². The molecule has 0 aliphatic rings. The monoisotopic (exact) mass is 350 g/mol. The Kier molecular flexibility index (Phi) is 10.4. The van der Waals surface area contributed by atoms with Gasteiger partial charge in [0.1, 0.15) is 5.75 Å². The second-order valence-electron chi connectivity index (χ2n) is 5.99. The van der Waals surface area contributed by atoms with E-state index >= 15 is 0 Å². The van der Waals surface area contributed by atoms with Crippen molar-refractivity contribution in [2.24, 2.45) is 5.92 Å². The molecule has 140 valence electrons. The zero-order valence-electron chi connectivity index (χ0n) is 15.6. The second-order valence-corrected chi connectivity index (χ2v) is 5.99. The number of ether oxygens (including phenoxy) is 3. The smallest absolute Gasteiger partial charge is 0.309 e. The molecule has 0 fully saturated rings. The van der Waals surface area contributed by atoms with Crippen molar-refractivity contribution < 1.29 is 23.8 Å². The highest BCUT2D eigenvalue weighted by molar-refractivity contribution is 5.80. The molecule has 0 aliphatic heterocycles. The molecule has 1 aromatic rings. The van der Waals surface area contributed by atoms with Gasteiger partial charge in [-0.15, -0.1) is 0 Å². The molecular formula is C20H30O5. The lowest BCUT2D eigenvalue weighted by molar-refractivity contribution is -0.155. The van der Waals surface area contributed by atoms with Crippen LogP contribution in [0, 0.1) is 5.92 Å². The molecule has 1 rings (SSSR count). The van der Waals surface area contributed by atoms with Gasteiger partial charge in [0, 0.05) is 0 Å². The summed E-state index contributed by atoms with van der Waals surface area (Å²) in [7, 11) is 0. The molecule has 0 aliphatic carbocycles. The summed E-state index contributed by atoms with van der Waals surface area (Å²) in [6.07, 6.45) is 2.89. The molecule has 1 unspecified atom stereocenters. The highest BCUT2D eigenvalue weighted by atomic mass is 16.5. The minimum Gasteiger partial charge on any atom is -0.494 e. The first-order valence-electron chi connectivity index (χ1n) is 9.14. The van der Waals surface area contributed by atoms with E-state index in [4.69, 9.17) is 14.2 Å². The quantitative estimate of drug-likeness (QED) is 0.535. The highest BCUT2D eigenvalue weighted by Crippen LogP contribution is 2.20. The fourth-order valence-corrected chi connectivity index (χ4v) is 2.30. The van der Waals surface area contributed by atoms with E-state index in [0.717, 1.165) is 30.6 Å². The molecule has 5 nitrogen and oxygen atoms in total. The number of hydrogen-bond acceptors (Lipinski definition) is 5. The average molecular weight is 350 g/mol. The first kappa shape index (κ1) is 21.0. The zero-order chi connectivity index (χ0) is 18.5. The summed E-state index contributed by atoms with van der Waals surface area (Å²) in [5.41, 5.74) is 0.940. The second kappa shape index (κ2) is 12.3. The molecule has 1 aromatic carbocycles. The van der Waals surface area contributed by atoms with Crippen LogP contribution in [-0.4, -0.2) is 31.8 Å². The summed E-state index contributed by atoms with van der Waals surface area (Å²) >= 11 is 0. The number of benzene rings is 1. The normalized spacial score (nSPS) is 11.6. The number of esters is 2. The number of hydrogen-bond donors (Lipinski definition) is 0. The molecule has 0 amide bonds. The van der Waals surface area contributed by atoms with Gasteiger partial charge < -0.3 is 14.2 Å². The summed E-state index contributed by atoms with van der Waals surface area (Å²) in [5.74, 6) is -0.486. The van der Waals surface area contributed by atoms with E-state index in [1.165, 1.54) is 0 Å². The maximum atomic E-state index is 12.3. The van der Waals surface area contributed by atoms with Crippen molar-refractivity contribution in [3.63, 3.8) is 0 Å². The molecule has 25 heavy (non-hydrogen) atoms. The van der Waals surface area contributed by atoms with Crippen LogP contribution in [0.15, 0.2) is 24.3 Å². The van der Waals surface area contributed by atoms with Gasteiger partial charge in [0.2, 0.25) is 0 Å². The molecule has 0 aromatic heterocycles. The molecule has 0 saturated heterocycles. The van der Waals surface area contributed by atoms with Crippen molar-refractivity contribution in [3.8, 4) is 5.75 Å². The van der Waals surface area contributed by atoms with Crippen LogP contribution >= 0.6 is 0 Å². The van der Waals surface area contributed by atoms with Crippen molar-refractivity contribution in [2.45, 2.75) is 52.9 Å². The van der Waals surface area contributed by atoms with E-state index < -0.39 is 5.92 Å². The van der Waals surface area contributed by atoms with Crippen molar-refractivity contribution in [3.05, 3.63) is 29.8 Å². The third-order valence-corrected chi connectivity index (χ3v) is 3.52. The Morgan fingerprint density at radius 3 is 2.32 bits per heavy atom.